The minimum Gasteiger partial charge on any atom is -0.456 e. The number of fused-ring (bicyclic) bond motifs is 9. The Bertz CT molecular complexity index is 2680. The van der Waals surface area contributed by atoms with Gasteiger partial charge in [0, 0.05) is 58.9 Å². The number of amidine groups is 2. The molecule has 212 valence electrons. The van der Waals surface area contributed by atoms with E-state index in [0.717, 1.165) is 49.9 Å². The highest BCUT2D eigenvalue weighted by Crippen LogP contribution is 2.42. The summed E-state index contributed by atoms with van der Waals surface area (Å²) in [7, 11) is 0. The molecule has 1 N–H and O–H groups in total. The van der Waals surface area contributed by atoms with E-state index in [4.69, 9.17) is 14.4 Å². The largest absolute Gasteiger partial charge is 0.456 e. The predicted octanol–water partition coefficient (Wildman–Crippen LogP) is 10.0. The molecule has 4 heterocycles. The zero-order valence-corrected chi connectivity index (χ0v) is 24.8. The Balaban J connectivity index is 1.22. The normalized spacial score (nSPS) is 15.3. The van der Waals surface area contributed by atoms with Crippen LogP contribution in [0, 0.1) is 0 Å². The lowest BCUT2D eigenvalue weighted by Crippen LogP contribution is -2.36. The van der Waals surface area contributed by atoms with Crippen molar-refractivity contribution < 1.29 is 4.42 Å². The average Bonchev–Trinajstić information content (AvgIpc) is 3.75. The number of hydrogen-bond acceptors (Lipinski definition) is 5. The summed E-state index contributed by atoms with van der Waals surface area (Å²) in [4.78, 5) is 10.2. The number of aromatic nitrogens is 1. The Labute approximate surface area is 261 Å². The Morgan fingerprint density at radius 2 is 1.24 bits per heavy atom. The molecule has 0 bridgehead atoms. The first-order valence-corrected chi connectivity index (χ1v) is 15.8. The molecule has 0 fully saturated rings. The van der Waals surface area contributed by atoms with E-state index in [0.29, 0.717) is 5.84 Å². The third-order valence-corrected chi connectivity index (χ3v) is 9.99. The molecule has 0 saturated carbocycles. The van der Waals surface area contributed by atoms with Crippen molar-refractivity contribution in [2.75, 3.05) is 0 Å². The van der Waals surface area contributed by atoms with Crippen LogP contribution in [0.5, 0.6) is 0 Å². The second-order valence-corrected chi connectivity index (χ2v) is 12.5. The second-order valence-electron chi connectivity index (χ2n) is 11.5. The minimum atomic E-state index is -0.422. The van der Waals surface area contributed by atoms with Crippen molar-refractivity contribution in [2.45, 2.75) is 6.29 Å². The summed E-state index contributed by atoms with van der Waals surface area (Å²) in [6.45, 7) is 0. The van der Waals surface area contributed by atoms with E-state index in [1.165, 1.54) is 30.9 Å². The fourth-order valence-corrected chi connectivity index (χ4v) is 7.91. The lowest BCUT2D eigenvalue weighted by atomic mass is 10.1. The van der Waals surface area contributed by atoms with Gasteiger partial charge in [-0.25, -0.2) is 9.98 Å². The first-order chi connectivity index (χ1) is 22.3. The van der Waals surface area contributed by atoms with E-state index in [-0.39, 0.29) is 0 Å². The molecular formula is C39H24N4OS. The molecule has 9 aromatic rings. The van der Waals surface area contributed by atoms with Crippen molar-refractivity contribution in [3.05, 3.63) is 145 Å². The van der Waals surface area contributed by atoms with Gasteiger partial charge in [0.05, 0.1) is 11.0 Å². The summed E-state index contributed by atoms with van der Waals surface area (Å²) in [5.74, 6) is 1.48. The van der Waals surface area contributed by atoms with Crippen molar-refractivity contribution in [1.82, 2.24) is 9.88 Å². The maximum atomic E-state index is 6.62. The fourth-order valence-electron chi connectivity index (χ4n) is 6.78. The summed E-state index contributed by atoms with van der Waals surface area (Å²) < 4.78 is 11.5. The SMILES string of the molecule is c1ccc(C2=NC(n3c4ccccc4c4cc5c(cc43)oc3cc4c(cc35)sc3ccccc34)NC(c3ccccc3)=N2)cc1. The molecule has 1 unspecified atom stereocenters. The monoisotopic (exact) mass is 596 g/mol. The molecule has 45 heavy (non-hydrogen) atoms. The highest BCUT2D eigenvalue weighted by atomic mass is 32.1. The first-order valence-electron chi connectivity index (χ1n) is 15.0. The maximum Gasteiger partial charge on any atom is 0.204 e. The molecule has 6 aromatic carbocycles. The number of rotatable bonds is 3. The van der Waals surface area contributed by atoms with Crippen LogP contribution in [0.2, 0.25) is 0 Å². The van der Waals surface area contributed by atoms with Crippen LogP contribution >= 0.6 is 11.3 Å². The molecule has 5 nitrogen and oxygen atoms in total. The van der Waals surface area contributed by atoms with Crippen molar-refractivity contribution in [2.24, 2.45) is 9.98 Å². The van der Waals surface area contributed by atoms with E-state index >= 15 is 0 Å². The van der Waals surface area contributed by atoms with Crippen LogP contribution in [0.1, 0.15) is 17.4 Å². The molecule has 0 radical (unpaired) electrons. The molecule has 0 aliphatic carbocycles. The van der Waals surface area contributed by atoms with Crippen molar-refractivity contribution in [3.8, 4) is 0 Å². The van der Waals surface area contributed by atoms with Gasteiger partial charge in [-0.1, -0.05) is 97.1 Å². The maximum absolute atomic E-state index is 6.62. The summed E-state index contributed by atoms with van der Waals surface area (Å²) >= 11 is 1.83. The van der Waals surface area contributed by atoms with Gasteiger partial charge in [-0.3, -0.25) is 0 Å². The summed E-state index contributed by atoms with van der Waals surface area (Å²) in [5, 5.41) is 10.8. The van der Waals surface area contributed by atoms with Gasteiger partial charge in [-0.2, -0.15) is 0 Å². The zero-order chi connectivity index (χ0) is 29.5. The Hall–Kier alpha value is -5.72. The van der Waals surface area contributed by atoms with E-state index in [1.807, 2.05) is 47.7 Å². The fraction of sp³-hybridized carbons (Fsp3) is 0.0256. The predicted molar refractivity (Wildman–Crippen MR) is 188 cm³/mol. The van der Waals surface area contributed by atoms with Gasteiger partial charge < -0.3 is 14.3 Å². The summed E-state index contributed by atoms with van der Waals surface area (Å²) in [5.41, 5.74) is 5.91. The molecule has 0 saturated heterocycles. The Kier molecular flexibility index (Phi) is 5.15. The number of para-hydroxylation sites is 1. The number of hydrogen-bond donors (Lipinski definition) is 1. The first kappa shape index (κ1) is 24.7. The molecule has 6 heteroatoms. The highest BCUT2D eigenvalue weighted by Gasteiger charge is 2.25. The third kappa shape index (κ3) is 3.73. The van der Waals surface area contributed by atoms with Gasteiger partial charge in [-0.15, -0.1) is 11.3 Å². The number of thiophene rings is 1. The molecule has 0 amide bonds. The van der Waals surface area contributed by atoms with Crippen LogP contribution in [0.15, 0.2) is 148 Å². The van der Waals surface area contributed by atoms with Crippen LogP contribution in [-0.2, 0) is 0 Å². The average molecular weight is 597 g/mol. The highest BCUT2D eigenvalue weighted by molar-refractivity contribution is 7.25. The van der Waals surface area contributed by atoms with Crippen molar-refractivity contribution in [3.63, 3.8) is 0 Å². The van der Waals surface area contributed by atoms with Crippen LogP contribution in [0.4, 0.5) is 0 Å². The van der Waals surface area contributed by atoms with Crippen LogP contribution in [-0.4, -0.2) is 16.2 Å². The van der Waals surface area contributed by atoms with E-state index in [2.05, 4.69) is 107 Å². The molecule has 1 atom stereocenters. The van der Waals surface area contributed by atoms with Gasteiger partial charge in [0.15, 0.2) is 5.84 Å². The topological polar surface area (TPSA) is 54.8 Å². The lowest BCUT2D eigenvalue weighted by molar-refractivity contribution is 0.515. The Morgan fingerprint density at radius 1 is 0.556 bits per heavy atom. The van der Waals surface area contributed by atoms with Gasteiger partial charge >= 0.3 is 0 Å². The number of benzene rings is 6. The standard InChI is InChI=1S/C39H24N4OS/c1-3-11-23(12-4-1)37-40-38(24-13-5-2-6-14-24)42-39(41-37)43-31-17-9-7-15-25(31)27-19-28-29-21-36-30(26-16-8-10-18-35(26)45-36)20-33(29)44-34(28)22-32(27)43/h1-22,39H,(H,40,41,42). The minimum absolute atomic E-state index is 0.422. The van der Waals surface area contributed by atoms with Gasteiger partial charge in [0.2, 0.25) is 6.29 Å². The molecular weight excluding hydrogens is 573 g/mol. The zero-order valence-electron chi connectivity index (χ0n) is 23.9. The molecule has 10 rings (SSSR count). The summed E-state index contributed by atoms with van der Waals surface area (Å²) in [6, 6.07) is 46.6. The molecule has 0 spiro atoms. The number of nitrogens with zero attached hydrogens (tertiary/aromatic N) is 3. The lowest BCUT2D eigenvalue weighted by Gasteiger charge is -2.25. The number of aliphatic imine (C=N–C) groups is 2. The molecule has 3 aromatic heterocycles. The smallest absolute Gasteiger partial charge is 0.204 e. The van der Waals surface area contributed by atoms with Crippen LogP contribution in [0.3, 0.4) is 0 Å². The van der Waals surface area contributed by atoms with E-state index in [1.54, 1.807) is 0 Å². The van der Waals surface area contributed by atoms with Crippen LogP contribution < -0.4 is 5.32 Å². The number of furan rings is 1. The van der Waals surface area contributed by atoms with E-state index in [9.17, 15) is 0 Å². The third-order valence-electron chi connectivity index (χ3n) is 8.85. The van der Waals surface area contributed by atoms with Gasteiger partial charge in [0.1, 0.15) is 17.0 Å². The van der Waals surface area contributed by atoms with Crippen LogP contribution in [0.25, 0.3) is 63.9 Å². The summed E-state index contributed by atoms with van der Waals surface area (Å²) in [6.07, 6.45) is -0.422. The van der Waals surface area contributed by atoms with Crippen molar-refractivity contribution in [1.29, 1.82) is 0 Å². The quantitative estimate of drug-likeness (QED) is 0.221. The van der Waals surface area contributed by atoms with E-state index < -0.39 is 6.29 Å². The van der Waals surface area contributed by atoms with Crippen molar-refractivity contribution >= 4 is 86.9 Å². The molecule has 1 aliphatic heterocycles. The molecule has 1 aliphatic rings. The van der Waals surface area contributed by atoms with Gasteiger partial charge in [0.25, 0.3) is 0 Å². The Morgan fingerprint density at radius 3 is 2.09 bits per heavy atom. The number of nitrogens with one attached hydrogen (secondary N) is 1. The van der Waals surface area contributed by atoms with Gasteiger partial charge in [-0.05, 0) is 30.3 Å². The second kappa shape index (κ2) is 9.39.